The van der Waals surface area contributed by atoms with E-state index in [1.54, 1.807) is 4.90 Å². The Morgan fingerprint density at radius 3 is 2.50 bits per heavy atom. The Balaban J connectivity index is 2.75. The maximum absolute atomic E-state index is 10.9. The molecule has 1 aromatic carbocycles. The van der Waals surface area contributed by atoms with Crippen LogP contribution in [-0.4, -0.2) is 24.2 Å². The molecule has 0 saturated carbocycles. The third-order valence-corrected chi connectivity index (χ3v) is 2.76. The molecule has 1 rings (SSSR count). The fourth-order valence-corrected chi connectivity index (χ4v) is 1.57. The van der Waals surface area contributed by atoms with Crippen LogP contribution in [0.3, 0.4) is 0 Å². The van der Waals surface area contributed by atoms with Crippen LogP contribution in [0.5, 0.6) is 0 Å². The molecule has 4 heteroatoms. The minimum Gasteiger partial charge on any atom is -0.480 e. The molecule has 0 aromatic heterocycles. The summed E-state index contributed by atoms with van der Waals surface area (Å²) in [7, 11) is 0. The molecule has 1 aromatic rings. The Labute approximate surface area is 107 Å². The van der Waals surface area contributed by atoms with Gasteiger partial charge in [-0.1, -0.05) is 18.2 Å². The maximum Gasteiger partial charge on any atom is 0.323 e. The highest BCUT2D eigenvalue weighted by Gasteiger charge is 2.19. The highest BCUT2D eigenvalue weighted by atomic mass is 16.4. The van der Waals surface area contributed by atoms with Crippen LogP contribution >= 0.6 is 0 Å². The normalized spacial score (nSPS) is 10.7. The predicted octanol–water partition coefficient (Wildman–Crippen LogP) is 2.52. The Morgan fingerprint density at radius 2 is 2.00 bits per heavy atom. The van der Waals surface area contributed by atoms with E-state index >= 15 is 0 Å². The van der Waals surface area contributed by atoms with Crippen LogP contribution in [0.2, 0.25) is 0 Å². The molecule has 0 saturated heterocycles. The molecule has 4 nitrogen and oxygen atoms in total. The van der Waals surface area contributed by atoms with Gasteiger partial charge < -0.3 is 10.0 Å². The van der Waals surface area contributed by atoms with Gasteiger partial charge in [-0.3, -0.25) is 4.79 Å². The van der Waals surface area contributed by atoms with Gasteiger partial charge in [0.05, 0.1) is 11.5 Å². The van der Waals surface area contributed by atoms with Crippen molar-refractivity contribution in [1.29, 1.82) is 5.26 Å². The highest BCUT2D eigenvalue weighted by Crippen LogP contribution is 2.21. The molecule has 0 heterocycles. The van der Waals surface area contributed by atoms with Crippen LogP contribution in [0, 0.1) is 16.7 Å². The van der Waals surface area contributed by atoms with Crippen molar-refractivity contribution in [3.63, 3.8) is 0 Å². The summed E-state index contributed by atoms with van der Waals surface area (Å²) in [6.45, 7) is 4.22. The molecule has 0 fully saturated rings. The van der Waals surface area contributed by atoms with Crippen molar-refractivity contribution in [1.82, 2.24) is 0 Å². The number of carbonyl (C=O) groups is 1. The van der Waals surface area contributed by atoms with Crippen LogP contribution in [0.1, 0.15) is 20.3 Å². The zero-order valence-electron chi connectivity index (χ0n) is 10.8. The van der Waals surface area contributed by atoms with E-state index in [4.69, 9.17) is 10.4 Å². The number of hydrogen-bond donors (Lipinski definition) is 1. The first-order valence-electron chi connectivity index (χ1n) is 5.88. The highest BCUT2D eigenvalue weighted by molar-refractivity contribution is 5.73. The minimum absolute atomic E-state index is 0.0501. The zero-order chi connectivity index (χ0) is 13.6. The summed E-state index contributed by atoms with van der Waals surface area (Å²) in [5, 5.41) is 17.9. The standard InChI is InChI=1S/C14H18N2O2/c1-14(2,11-15)8-9-16(10-13(17)18)12-6-4-3-5-7-12/h3-7H,8-10H2,1-2H3,(H,17,18). The molecule has 0 aliphatic rings. The number of aliphatic carboxylic acids is 1. The van der Waals surface area contributed by atoms with Gasteiger partial charge in [0.25, 0.3) is 0 Å². The van der Waals surface area contributed by atoms with Crippen molar-refractivity contribution >= 4 is 11.7 Å². The second kappa shape index (κ2) is 6.06. The van der Waals surface area contributed by atoms with Crippen LogP contribution in [0.15, 0.2) is 30.3 Å². The van der Waals surface area contributed by atoms with Crippen molar-refractivity contribution in [3.05, 3.63) is 30.3 Å². The first-order chi connectivity index (χ1) is 8.44. The number of nitrogens with zero attached hydrogens (tertiary/aromatic N) is 2. The Morgan fingerprint density at radius 1 is 1.39 bits per heavy atom. The van der Waals surface area contributed by atoms with Crippen molar-refractivity contribution in [2.75, 3.05) is 18.0 Å². The van der Waals surface area contributed by atoms with Gasteiger partial charge in [-0.2, -0.15) is 5.26 Å². The average Bonchev–Trinajstić information content (AvgIpc) is 2.35. The number of hydrogen-bond acceptors (Lipinski definition) is 3. The van der Waals surface area contributed by atoms with E-state index in [1.807, 2.05) is 44.2 Å². The van der Waals surface area contributed by atoms with Crippen LogP contribution < -0.4 is 4.90 Å². The monoisotopic (exact) mass is 246 g/mol. The van der Waals surface area contributed by atoms with Gasteiger partial charge in [0, 0.05) is 12.2 Å². The maximum atomic E-state index is 10.9. The average molecular weight is 246 g/mol. The Hall–Kier alpha value is -2.02. The molecule has 0 bridgehead atoms. The number of carboxylic acids is 1. The van der Waals surface area contributed by atoms with E-state index in [2.05, 4.69) is 6.07 Å². The van der Waals surface area contributed by atoms with Crippen molar-refractivity contribution in [2.45, 2.75) is 20.3 Å². The Bertz CT molecular complexity index is 435. The predicted molar refractivity (Wildman–Crippen MR) is 70.3 cm³/mol. The van der Waals surface area contributed by atoms with E-state index in [0.29, 0.717) is 13.0 Å². The van der Waals surface area contributed by atoms with Crippen LogP contribution in [0.25, 0.3) is 0 Å². The second-order valence-corrected chi connectivity index (χ2v) is 4.90. The van der Waals surface area contributed by atoms with Gasteiger partial charge in [0.2, 0.25) is 0 Å². The molecule has 0 aliphatic heterocycles. The quantitative estimate of drug-likeness (QED) is 0.837. The summed E-state index contributed by atoms with van der Waals surface area (Å²) in [5.74, 6) is -0.867. The van der Waals surface area contributed by atoms with Gasteiger partial charge in [-0.05, 0) is 32.4 Å². The lowest BCUT2D eigenvalue weighted by atomic mass is 9.91. The molecule has 1 N–H and O–H groups in total. The fraction of sp³-hybridized carbons (Fsp3) is 0.429. The molecule has 0 amide bonds. The lowest BCUT2D eigenvalue weighted by Gasteiger charge is -2.26. The topological polar surface area (TPSA) is 64.3 Å². The summed E-state index contributed by atoms with van der Waals surface area (Å²) >= 11 is 0. The van der Waals surface area contributed by atoms with Gasteiger partial charge in [-0.15, -0.1) is 0 Å². The molecule has 96 valence electrons. The lowest BCUT2D eigenvalue weighted by Crippen LogP contribution is -2.32. The summed E-state index contributed by atoms with van der Waals surface area (Å²) < 4.78 is 0. The molecule has 0 unspecified atom stereocenters. The molecule has 0 radical (unpaired) electrons. The molecular formula is C14H18N2O2. The summed E-state index contributed by atoms with van der Waals surface area (Å²) in [6.07, 6.45) is 0.631. The largest absolute Gasteiger partial charge is 0.480 e. The Kier molecular flexibility index (Phi) is 4.73. The van der Waals surface area contributed by atoms with E-state index in [0.717, 1.165) is 5.69 Å². The SMILES string of the molecule is CC(C)(C#N)CCN(CC(=O)O)c1ccccc1. The number of nitriles is 1. The van der Waals surface area contributed by atoms with Gasteiger partial charge in [0.15, 0.2) is 0 Å². The summed E-state index contributed by atoms with van der Waals surface area (Å²) in [4.78, 5) is 12.6. The van der Waals surface area contributed by atoms with E-state index in [-0.39, 0.29) is 6.54 Å². The molecule has 0 atom stereocenters. The zero-order valence-corrected chi connectivity index (χ0v) is 10.8. The first-order valence-corrected chi connectivity index (χ1v) is 5.88. The number of rotatable bonds is 6. The summed E-state index contributed by atoms with van der Waals surface area (Å²) in [6, 6.07) is 11.6. The van der Waals surface area contributed by atoms with E-state index in [1.165, 1.54) is 0 Å². The van der Waals surface area contributed by atoms with Gasteiger partial charge in [0.1, 0.15) is 6.54 Å². The first kappa shape index (κ1) is 14.0. The smallest absolute Gasteiger partial charge is 0.323 e. The van der Waals surface area contributed by atoms with Crippen LogP contribution in [-0.2, 0) is 4.79 Å². The van der Waals surface area contributed by atoms with Gasteiger partial charge in [-0.25, -0.2) is 0 Å². The molecule has 18 heavy (non-hydrogen) atoms. The minimum atomic E-state index is -0.867. The molecule has 0 spiro atoms. The summed E-state index contributed by atoms with van der Waals surface area (Å²) in [5.41, 5.74) is 0.430. The second-order valence-electron chi connectivity index (χ2n) is 4.90. The van der Waals surface area contributed by atoms with E-state index < -0.39 is 11.4 Å². The number of benzene rings is 1. The number of anilines is 1. The molecular weight excluding hydrogens is 228 g/mol. The third-order valence-electron chi connectivity index (χ3n) is 2.76. The third kappa shape index (κ3) is 4.46. The fourth-order valence-electron chi connectivity index (χ4n) is 1.57. The molecule has 0 aliphatic carbocycles. The van der Waals surface area contributed by atoms with Crippen molar-refractivity contribution in [2.24, 2.45) is 5.41 Å². The van der Waals surface area contributed by atoms with E-state index in [9.17, 15) is 4.79 Å². The van der Waals surface area contributed by atoms with Crippen molar-refractivity contribution in [3.8, 4) is 6.07 Å². The van der Waals surface area contributed by atoms with Crippen LogP contribution in [0.4, 0.5) is 5.69 Å². The van der Waals surface area contributed by atoms with Crippen molar-refractivity contribution < 1.29 is 9.90 Å². The lowest BCUT2D eigenvalue weighted by molar-refractivity contribution is -0.135. The number of carboxylic acid groups (broad SMARTS) is 1. The number of para-hydroxylation sites is 1. The van der Waals surface area contributed by atoms with Gasteiger partial charge >= 0.3 is 5.97 Å².